The molecule has 0 radical (unpaired) electrons. The Bertz CT molecular complexity index is 579. The van der Waals surface area contributed by atoms with Gasteiger partial charge in [0.05, 0.1) is 6.04 Å². The van der Waals surface area contributed by atoms with Gasteiger partial charge in [-0.3, -0.25) is 4.79 Å². The van der Waals surface area contributed by atoms with Gasteiger partial charge in [-0.2, -0.15) is 0 Å². The number of carbonyl (C=O) groups is 1. The van der Waals surface area contributed by atoms with Crippen LogP contribution in [0.4, 0.5) is 0 Å². The van der Waals surface area contributed by atoms with Gasteiger partial charge in [0.1, 0.15) is 5.01 Å². The zero-order chi connectivity index (χ0) is 16.0. The van der Waals surface area contributed by atoms with E-state index in [1.807, 2.05) is 6.20 Å². The highest BCUT2D eigenvalue weighted by Gasteiger charge is 2.42. The van der Waals surface area contributed by atoms with Crippen molar-refractivity contribution >= 4 is 42.1 Å². The van der Waals surface area contributed by atoms with Gasteiger partial charge in [-0.05, 0) is 63.2 Å². The normalized spacial score (nSPS) is 32.1. The number of aromatic nitrogens is 1. The summed E-state index contributed by atoms with van der Waals surface area (Å²) in [6.07, 6.45) is 10.0. The first kappa shape index (κ1) is 20.9. The molecule has 3 fully saturated rings. The van der Waals surface area contributed by atoms with Crippen molar-refractivity contribution in [3.05, 3.63) is 16.1 Å². The Kier molecular flexibility index (Phi) is 7.17. The number of carbonyl (C=O) groups excluding carboxylic acids is 1. The molecule has 1 aromatic rings. The van der Waals surface area contributed by atoms with Crippen molar-refractivity contribution < 1.29 is 4.79 Å². The van der Waals surface area contributed by atoms with Crippen LogP contribution < -0.4 is 11.1 Å². The van der Waals surface area contributed by atoms with E-state index in [0.717, 1.165) is 17.8 Å². The third-order valence-electron chi connectivity index (χ3n) is 6.08. The molecule has 1 heterocycles. The van der Waals surface area contributed by atoms with Gasteiger partial charge in [0.15, 0.2) is 0 Å². The number of hydrogen-bond donors (Lipinski definition) is 2. The SMILES string of the molecule is Cc1cnc(C(NC(=O)C2CC3CCCC(C2)C3N)C2CC2)s1.Cl.Cl. The highest BCUT2D eigenvalue weighted by atomic mass is 35.5. The lowest BCUT2D eigenvalue weighted by molar-refractivity contribution is -0.128. The highest BCUT2D eigenvalue weighted by molar-refractivity contribution is 7.11. The topological polar surface area (TPSA) is 68.0 Å². The number of hydrogen-bond acceptors (Lipinski definition) is 4. The quantitative estimate of drug-likeness (QED) is 0.794. The van der Waals surface area contributed by atoms with E-state index in [1.165, 1.54) is 37.0 Å². The molecule has 3 atom stereocenters. The van der Waals surface area contributed by atoms with E-state index >= 15 is 0 Å². The van der Waals surface area contributed by atoms with E-state index in [2.05, 4.69) is 17.2 Å². The number of aryl methyl sites for hydroxylation is 1. The summed E-state index contributed by atoms with van der Waals surface area (Å²) in [6.45, 7) is 2.08. The Morgan fingerprint density at radius 2 is 1.88 bits per heavy atom. The van der Waals surface area contributed by atoms with Crippen molar-refractivity contribution in [3.8, 4) is 0 Å². The summed E-state index contributed by atoms with van der Waals surface area (Å²) in [5.74, 6) is 2.11. The summed E-state index contributed by atoms with van der Waals surface area (Å²) >= 11 is 1.72. The fraction of sp³-hybridized carbons (Fsp3) is 0.778. The lowest BCUT2D eigenvalue weighted by Crippen LogP contribution is -2.49. The summed E-state index contributed by atoms with van der Waals surface area (Å²) in [5.41, 5.74) is 6.36. The number of thiazole rings is 1. The molecular weight excluding hydrogens is 377 g/mol. The molecule has 4 rings (SSSR count). The van der Waals surface area contributed by atoms with Crippen molar-refractivity contribution in [3.63, 3.8) is 0 Å². The number of amides is 1. The summed E-state index contributed by atoms with van der Waals surface area (Å²) in [7, 11) is 0. The molecule has 3 N–H and O–H groups in total. The second kappa shape index (κ2) is 8.55. The van der Waals surface area contributed by atoms with Crippen LogP contribution in [0.25, 0.3) is 0 Å². The summed E-state index contributed by atoms with van der Waals surface area (Å²) in [5, 5.41) is 4.44. The van der Waals surface area contributed by atoms with Crippen LogP contribution in [-0.2, 0) is 4.79 Å². The maximum absolute atomic E-state index is 12.9. The van der Waals surface area contributed by atoms with E-state index < -0.39 is 0 Å². The Balaban J connectivity index is 0.00000113. The predicted molar refractivity (Wildman–Crippen MR) is 106 cm³/mol. The summed E-state index contributed by atoms with van der Waals surface area (Å²) in [6, 6.07) is 0.463. The van der Waals surface area contributed by atoms with Crippen LogP contribution in [0.5, 0.6) is 0 Å². The molecule has 1 amide bonds. The van der Waals surface area contributed by atoms with Crippen molar-refractivity contribution in [1.29, 1.82) is 0 Å². The van der Waals surface area contributed by atoms with E-state index in [1.54, 1.807) is 11.3 Å². The molecule has 0 saturated heterocycles. The van der Waals surface area contributed by atoms with Crippen LogP contribution in [0, 0.1) is 30.6 Å². The molecular formula is C18H29Cl2N3OS. The highest BCUT2D eigenvalue weighted by Crippen LogP contribution is 2.44. The number of nitrogens with zero attached hydrogens (tertiary/aromatic N) is 1. The van der Waals surface area contributed by atoms with Gasteiger partial charge >= 0.3 is 0 Å². The molecule has 0 spiro atoms. The number of nitrogens with one attached hydrogen (secondary N) is 1. The maximum atomic E-state index is 12.9. The molecule has 3 unspecified atom stereocenters. The zero-order valence-electron chi connectivity index (χ0n) is 14.6. The molecule has 25 heavy (non-hydrogen) atoms. The Hall–Kier alpha value is -0.360. The lowest BCUT2D eigenvalue weighted by Gasteiger charge is -2.43. The van der Waals surface area contributed by atoms with Gasteiger partial charge in [-0.1, -0.05) is 6.42 Å². The van der Waals surface area contributed by atoms with Crippen LogP contribution in [0.1, 0.15) is 60.9 Å². The van der Waals surface area contributed by atoms with Crippen molar-refractivity contribution in [2.75, 3.05) is 0 Å². The first-order valence-corrected chi connectivity index (χ1v) is 9.91. The molecule has 3 aliphatic rings. The van der Waals surface area contributed by atoms with Gasteiger partial charge < -0.3 is 11.1 Å². The molecule has 1 aromatic heterocycles. The molecule has 3 aliphatic carbocycles. The predicted octanol–water partition coefficient (Wildman–Crippen LogP) is 4.02. The minimum absolute atomic E-state index is 0. The first-order valence-electron chi connectivity index (χ1n) is 9.10. The fourth-order valence-corrected chi connectivity index (χ4v) is 5.52. The molecule has 3 saturated carbocycles. The average molecular weight is 406 g/mol. The number of fused-ring (bicyclic) bond motifs is 2. The minimum Gasteiger partial charge on any atom is -0.346 e. The van der Waals surface area contributed by atoms with E-state index in [4.69, 9.17) is 5.73 Å². The van der Waals surface area contributed by atoms with Gasteiger partial charge in [-0.15, -0.1) is 36.2 Å². The van der Waals surface area contributed by atoms with Crippen LogP contribution in [0.15, 0.2) is 6.20 Å². The van der Waals surface area contributed by atoms with E-state index in [-0.39, 0.29) is 42.7 Å². The van der Waals surface area contributed by atoms with E-state index in [9.17, 15) is 4.79 Å². The molecule has 7 heteroatoms. The number of rotatable bonds is 4. The molecule has 2 bridgehead atoms. The van der Waals surface area contributed by atoms with Gasteiger partial charge in [-0.25, -0.2) is 4.98 Å². The van der Waals surface area contributed by atoms with Gasteiger partial charge in [0.25, 0.3) is 0 Å². The van der Waals surface area contributed by atoms with Crippen molar-refractivity contribution in [1.82, 2.24) is 10.3 Å². The Morgan fingerprint density at radius 3 is 2.40 bits per heavy atom. The molecule has 0 aromatic carbocycles. The fourth-order valence-electron chi connectivity index (χ4n) is 4.60. The summed E-state index contributed by atoms with van der Waals surface area (Å²) in [4.78, 5) is 18.6. The molecule has 142 valence electrons. The van der Waals surface area contributed by atoms with Crippen molar-refractivity contribution in [2.24, 2.45) is 29.4 Å². The third kappa shape index (κ3) is 4.49. The van der Waals surface area contributed by atoms with Crippen LogP contribution in [-0.4, -0.2) is 16.9 Å². The smallest absolute Gasteiger partial charge is 0.223 e. The summed E-state index contributed by atoms with van der Waals surface area (Å²) < 4.78 is 0. The van der Waals surface area contributed by atoms with Gasteiger partial charge in [0.2, 0.25) is 5.91 Å². The van der Waals surface area contributed by atoms with Crippen molar-refractivity contribution in [2.45, 2.75) is 64.0 Å². The number of nitrogens with two attached hydrogens (primary N) is 1. The third-order valence-corrected chi connectivity index (χ3v) is 7.08. The second-order valence-electron chi connectivity index (χ2n) is 7.83. The van der Waals surface area contributed by atoms with Crippen LogP contribution in [0.3, 0.4) is 0 Å². The monoisotopic (exact) mass is 405 g/mol. The molecule has 0 aliphatic heterocycles. The Labute approximate surface area is 166 Å². The van der Waals surface area contributed by atoms with E-state index in [0.29, 0.717) is 23.8 Å². The maximum Gasteiger partial charge on any atom is 0.223 e. The largest absolute Gasteiger partial charge is 0.346 e. The number of halogens is 2. The zero-order valence-corrected chi connectivity index (χ0v) is 17.1. The average Bonchev–Trinajstić information content (AvgIpc) is 3.25. The minimum atomic E-state index is 0. The van der Waals surface area contributed by atoms with Crippen LogP contribution >= 0.6 is 36.2 Å². The molecule has 4 nitrogen and oxygen atoms in total. The standard InChI is InChI=1S/C18H27N3OS.2ClH/c1-10-9-20-18(23-10)16(11-5-6-11)21-17(22)14-7-12-3-2-4-13(8-14)15(12)19;;/h9,11-16H,2-8,19H2,1H3,(H,21,22);2*1H. The first-order chi connectivity index (χ1) is 11.1. The Morgan fingerprint density at radius 1 is 1.24 bits per heavy atom. The second-order valence-corrected chi connectivity index (χ2v) is 9.10. The van der Waals surface area contributed by atoms with Crippen LogP contribution in [0.2, 0.25) is 0 Å². The lowest BCUT2D eigenvalue weighted by atomic mass is 9.65. The van der Waals surface area contributed by atoms with Gasteiger partial charge in [0, 0.05) is 23.0 Å².